The highest BCUT2D eigenvalue weighted by atomic mass is 32.1. The largest absolute Gasteiger partial charge is 0.350 e. The van der Waals surface area contributed by atoms with Crippen molar-refractivity contribution >= 4 is 17.2 Å². The van der Waals surface area contributed by atoms with E-state index >= 15 is 0 Å². The van der Waals surface area contributed by atoms with Crippen molar-refractivity contribution in [3.63, 3.8) is 0 Å². The van der Waals surface area contributed by atoms with E-state index in [0.717, 1.165) is 36.6 Å². The van der Waals surface area contributed by atoms with Crippen LogP contribution >= 0.6 is 11.3 Å². The Hall–Kier alpha value is -1.86. The topological polar surface area (TPSA) is 71.0 Å². The normalized spacial score (nSPS) is 16.3. The van der Waals surface area contributed by atoms with Gasteiger partial charge in [-0.05, 0) is 51.8 Å². The molecule has 1 amide bonds. The van der Waals surface area contributed by atoms with Crippen LogP contribution < -0.4 is 5.32 Å². The Morgan fingerprint density at radius 1 is 1.32 bits per heavy atom. The van der Waals surface area contributed by atoms with Crippen molar-refractivity contribution < 1.29 is 4.79 Å². The molecule has 1 aliphatic rings. The van der Waals surface area contributed by atoms with Crippen LogP contribution in [0.4, 0.5) is 0 Å². The number of hydrogen-bond acceptors (Lipinski definition) is 6. The Labute approximate surface area is 152 Å². The summed E-state index contributed by atoms with van der Waals surface area (Å²) in [6, 6.07) is 2.38. The van der Waals surface area contributed by atoms with Crippen LogP contribution in [0.1, 0.15) is 38.8 Å². The Morgan fingerprint density at radius 2 is 2.04 bits per heavy atom. The van der Waals surface area contributed by atoms with Gasteiger partial charge in [-0.3, -0.25) is 4.79 Å². The molecule has 2 aromatic heterocycles. The van der Waals surface area contributed by atoms with E-state index < -0.39 is 0 Å². The first-order chi connectivity index (χ1) is 12.1. The molecule has 0 unspecified atom stereocenters. The van der Waals surface area contributed by atoms with E-state index in [1.165, 1.54) is 11.3 Å². The van der Waals surface area contributed by atoms with Crippen molar-refractivity contribution in [2.75, 3.05) is 13.1 Å². The van der Waals surface area contributed by atoms with E-state index in [1.54, 1.807) is 18.5 Å². The fraction of sp³-hybridized carbons (Fsp3) is 0.556. The molecule has 0 atom stereocenters. The van der Waals surface area contributed by atoms with Gasteiger partial charge in [0.05, 0.1) is 12.2 Å². The standard InChI is InChI=1S/C18H25N5OS/c1-13(2)23-8-4-14(5-9-23)10-16(24)21-11-15-12-25-18(22-15)17-19-6-3-7-20-17/h3,6-7,12-14H,4-5,8-11H2,1-2H3,(H,21,24). The molecule has 1 saturated heterocycles. The molecule has 0 radical (unpaired) electrons. The number of thiazole rings is 1. The highest BCUT2D eigenvalue weighted by molar-refractivity contribution is 7.13. The van der Waals surface area contributed by atoms with Crippen LogP contribution in [0.2, 0.25) is 0 Å². The molecular formula is C18H25N5OS. The van der Waals surface area contributed by atoms with Gasteiger partial charge in [0.2, 0.25) is 5.91 Å². The summed E-state index contributed by atoms with van der Waals surface area (Å²) in [4.78, 5) is 27.6. The van der Waals surface area contributed by atoms with Crippen molar-refractivity contribution in [2.45, 2.75) is 45.7 Å². The minimum atomic E-state index is 0.119. The van der Waals surface area contributed by atoms with Crippen LogP contribution in [0.25, 0.3) is 10.8 Å². The number of piperidine rings is 1. The van der Waals surface area contributed by atoms with E-state index in [-0.39, 0.29) is 5.91 Å². The molecule has 0 aromatic carbocycles. The van der Waals surface area contributed by atoms with Gasteiger partial charge < -0.3 is 10.2 Å². The predicted octanol–water partition coefficient (Wildman–Crippen LogP) is 2.73. The second-order valence-electron chi connectivity index (χ2n) is 6.77. The lowest BCUT2D eigenvalue weighted by Gasteiger charge is -2.34. The molecule has 7 heteroatoms. The molecule has 1 fully saturated rings. The zero-order valence-corrected chi connectivity index (χ0v) is 15.6. The first-order valence-electron chi connectivity index (χ1n) is 8.84. The van der Waals surface area contributed by atoms with Gasteiger partial charge in [0.15, 0.2) is 10.8 Å². The van der Waals surface area contributed by atoms with E-state index in [9.17, 15) is 4.79 Å². The highest BCUT2D eigenvalue weighted by Gasteiger charge is 2.22. The molecule has 0 saturated carbocycles. The molecular weight excluding hydrogens is 334 g/mol. The third-order valence-electron chi connectivity index (χ3n) is 4.63. The maximum Gasteiger partial charge on any atom is 0.220 e. The van der Waals surface area contributed by atoms with Crippen molar-refractivity contribution in [1.29, 1.82) is 0 Å². The van der Waals surface area contributed by atoms with Gasteiger partial charge in [0.1, 0.15) is 0 Å². The number of rotatable bonds is 6. The summed E-state index contributed by atoms with van der Waals surface area (Å²) in [5.41, 5.74) is 0.857. The smallest absolute Gasteiger partial charge is 0.220 e. The summed E-state index contributed by atoms with van der Waals surface area (Å²) >= 11 is 1.50. The first-order valence-corrected chi connectivity index (χ1v) is 9.72. The number of nitrogens with one attached hydrogen (secondary N) is 1. The lowest BCUT2D eigenvalue weighted by Crippen LogP contribution is -2.39. The van der Waals surface area contributed by atoms with Crippen LogP contribution in [0.15, 0.2) is 23.8 Å². The maximum atomic E-state index is 12.2. The maximum absolute atomic E-state index is 12.2. The third-order valence-corrected chi connectivity index (χ3v) is 5.52. The summed E-state index contributed by atoms with van der Waals surface area (Å²) in [7, 11) is 0. The molecule has 1 N–H and O–H groups in total. The van der Waals surface area contributed by atoms with Crippen LogP contribution in [0.5, 0.6) is 0 Å². The van der Waals surface area contributed by atoms with Crippen molar-refractivity contribution in [3.8, 4) is 10.8 Å². The number of carbonyl (C=O) groups excluding carboxylic acids is 1. The number of nitrogens with zero attached hydrogens (tertiary/aromatic N) is 4. The second kappa shape index (κ2) is 8.49. The fourth-order valence-electron chi connectivity index (χ4n) is 3.10. The summed E-state index contributed by atoms with van der Waals surface area (Å²) in [5, 5.41) is 5.73. The lowest BCUT2D eigenvalue weighted by molar-refractivity contribution is -0.122. The number of likely N-dealkylation sites (tertiary alicyclic amines) is 1. The highest BCUT2D eigenvalue weighted by Crippen LogP contribution is 2.22. The van der Waals surface area contributed by atoms with E-state index in [1.807, 2.05) is 5.38 Å². The van der Waals surface area contributed by atoms with Gasteiger partial charge in [0.25, 0.3) is 0 Å². The lowest BCUT2D eigenvalue weighted by atomic mass is 9.92. The van der Waals surface area contributed by atoms with Gasteiger partial charge in [-0.25, -0.2) is 15.0 Å². The number of amides is 1. The number of hydrogen-bond donors (Lipinski definition) is 1. The molecule has 25 heavy (non-hydrogen) atoms. The minimum absolute atomic E-state index is 0.119. The average Bonchev–Trinajstić information content (AvgIpc) is 3.10. The zero-order chi connectivity index (χ0) is 17.6. The van der Waals surface area contributed by atoms with Crippen LogP contribution in [0.3, 0.4) is 0 Å². The number of carbonyl (C=O) groups is 1. The Bertz CT molecular complexity index is 680. The van der Waals surface area contributed by atoms with Gasteiger partial charge in [-0.15, -0.1) is 11.3 Å². The Morgan fingerprint density at radius 3 is 2.72 bits per heavy atom. The molecule has 0 aliphatic carbocycles. The van der Waals surface area contributed by atoms with E-state index in [4.69, 9.17) is 0 Å². The molecule has 1 aliphatic heterocycles. The average molecular weight is 359 g/mol. The summed E-state index contributed by atoms with van der Waals surface area (Å²) in [6.07, 6.45) is 6.24. The SMILES string of the molecule is CC(C)N1CCC(CC(=O)NCc2csc(-c3ncccn3)n2)CC1. The molecule has 0 bridgehead atoms. The Kier molecular flexibility index (Phi) is 6.09. The predicted molar refractivity (Wildman–Crippen MR) is 99.0 cm³/mol. The summed E-state index contributed by atoms with van der Waals surface area (Å²) in [5.74, 6) is 1.24. The van der Waals surface area contributed by atoms with Crippen molar-refractivity contribution in [1.82, 2.24) is 25.2 Å². The molecule has 3 rings (SSSR count). The summed E-state index contributed by atoms with van der Waals surface area (Å²) < 4.78 is 0. The van der Waals surface area contributed by atoms with E-state index in [0.29, 0.717) is 30.7 Å². The van der Waals surface area contributed by atoms with E-state index in [2.05, 4.69) is 39.0 Å². The fourth-order valence-corrected chi connectivity index (χ4v) is 3.86. The van der Waals surface area contributed by atoms with Gasteiger partial charge in [0, 0.05) is 30.2 Å². The van der Waals surface area contributed by atoms with Crippen molar-refractivity contribution in [3.05, 3.63) is 29.5 Å². The monoisotopic (exact) mass is 359 g/mol. The van der Waals surface area contributed by atoms with Crippen LogP contribution in [0, 0.1) is 5.92 Å². The van der Waals surface area contributed by atoms with Crippen LogP contribution in [-0.4, -0.2) is 44.9 Å². The zero-order valence-electron chi connectivity index (χ0n) is 14.8. The molecule has 0 spiro atoms. The quantitative estimate of drug-likeness (QED) is 0.859. The second-order valence-corrected chi connectivity index (χ2v) is 7.63. The molecule has 3 heterocycles. The molecule has 134 valence electrons. The number of aromatic nitrogens is 3. The first kappa shape index (κ1) is 17.9. The third kappa shape index (κ3) is 5.06. The van der Waals surface area contributed by atoms with Gasteiger partial charge in [-0.2, -0.15) is 0 Å². The Balaban J connectivity index is 1.43. The van der Waals surface area contributed by atoms with Gasteiger partial charge in [-0.1, -0.05) is 0 Å². The minimum Gasteiger partial charge on any atom is -0.350 e. The van der Waals surface area contributed by atoms with Gasteiger partial charge >= 0.3 is 0 Å². The molecule has 2 aromatic rings. The molecule has 6 nitrogen and oxygen atoms in total. The summed E-state index contributed by atoms with van der Waals surface area (Å²) in [6.45, 7) is 7.13. The van der Waals surface area contributed by atoms with Crippen LogP contribution in [-0.2, 0) is 11.3 Å². The van der Waals surface area contributed by atoms with Crippen molar-refractivity contribution in [2.24, 2.45) is 5.92 Å².